The first-order valence-corrected chi connectivity index (χ1v) is 4.97. The molecule has 80 valence electrons. The predicted octanol–water partition coefficient (Wildman–Crippen LogP) is 0.888. The second-order valence-corrected chi connectivity index (χ2v) is 3.78. The van der Waals surface area contributed by atoms with Crippen LogP contribution in [0.5, 0.6) is 0 Å². The number of nitrogens with one attached hydrogen (secondary N) is 1. The number of hydrogen-bond donors (Lipinski definition) is 2. The third-order valence-electron chi connectivity index (χ3n) is 2.71. The van der Waals surface area contributed by atoms with Crippen LogP contribution in [0.15, 0.2) is 18.2 Å². The molecule has 15 heavy (non-hydrogen) atoms. The fourth-order valence-corrected chi connectivity index (χ4v) is 2.01. The third kappa shape index (κ3) is 2.15. The number of fused-ring (bicyclic) bond motifs is 1. The van der Waals surface area contributed by atoms with Gasteiger partial charge in [-0.15, -0.1) is 0 Å². The Morgan fingerprint density at radius 3 is 3.13 bits per heavy atom. The van der Waals surface area contributed by atoms with Crippen molar-refractivity contribution in [3.63, 3.8) is 0 Å². The number of rotatable bonds is 3. The van der Waals surface area contributed by atoms with Crippen LogP contribution in [0.2, 0.25) is 0 Å². The van der Waals surface area contributed by atoms with Crippen LogP contribution in [0.25, 0.3) is 0 Å². The molecule has 0 saturated heterocycles. The van der Waals surface area contributed by atoms with E-state index in [2.05, 4.69) is 5.32 Å². The molecule has 0 heterocycles. The lowest BCUT2D eigenvalue weighted by Crippen LogP contribution is -2.30. The summed E-state index contributed by atoms with van der Waals surface area (Å²) in [6.45, 7) is 0.140. The lowest BCUT2D eigenvalue weighted by Gasteiger charge is -2.12. The molecule has 4 heteroatoms. The molecule has 0 aliphatic heterocycles. The second-order valence-electron chi connectivity index (χ2n) is 3.78. The van der Waals surface area contributed by atoms with Crippen LogP contribution in [0.4, 0.5) is 4.39 Å². The van der Waals surface area contributed by atoms with E-state index in [0.29, 0.717) is 0 Å². The summed E-state index contributed by atoms with van der Waals surface area (Å²) in [7, 11) is 0. The summed E-state index contributed by atoms with van der Waals surface area (Å²) in [4.78, 5) is 10.6. The average molecular weight is 208 g/mol. The molecule has 1 aliphatic carbocycles. The summed E-state index contributed by atoms with van der Waals surface area (Å²) in [6.07, 6.45) is 1.82. The Bertz CT molecular complexity index is 392. The van der Waals surface area contributed by atoms with E-state index in [1.807, 2.05) is 0 Å². The van der Waals surface area contributed by atoms with Crippen LogP contribution in [-0.4, -0.2) is 12.5 Å². The maximum Gasteiger partial charge on any atom is 0.231 e. The van der Waals surface area contributed by atoms with Gasteiger partial charge in [-0.25, -0.2) is 4.39 Å². The van der Waals surface area contributed by atoms with Gasteiger partial charge in [-0.3, -0.25) is 4.79 Å². The molecule has 3 N–H and O–H groups in total. The molecule has 0 radical (unpaired) electrons. The van der Waals surface area contributed by atoms with E-state index in [0.717, 1.165) is 24.0 Å². The molecule has 1 aromatic rings. The molecule has 3 nitrogen and oxygen atoms in total. The van der Waals surface area contributed by atoms with Gasteiger partial charge < -0.3 is 11.1 Å². The number of nitrogens with two attached hydrogens (primary N) is 1. The Morgan fingerprint density at radius 2 is 2.40 bits per heavy atom. The van der Waals surface area contributed by atoms with E-state index in [1.165, 1.54) is 12.1 Å². The smallest absolute Gasteiger partial charge is 0.231 e. The minimum absolute atomic E-state index is 0.0585. The number of amides is 1. The molecule has 0 aromatic heterocycles. The van der Waals surface area contributed by atoms with Gasteiger partial charge in [0.05, 0.1) is 6.54 Å². The summed E-state index contributed by atoms with van der Waals surface area (Å²) in [5.74, 6) is -0.624. The van der Waals surface area contributed by atoms with Gasteiger partial charge in [0.2, 0.25) is 5.91 Å². The second kappa shape index (κ2) is 3.98. The van der Waals surface area contributed by atoms with Crippen LogP contribution in [0, 0.1) is 5.82 Å². The molecule has 1 aromatic carbocycles. The van der Waals surface area contributed by atoms with Crippen molar-refractivity contribution in [1.82, 2.24) is 5.32 Å². The third-order valence-corrected chi connectivity index (χ3v) is 2.71. The van der Waals surface area contributed by atoms with Gasteiger partial charge in [0.1, 0.15) is 5.82 Å². The predicted molar refractivity (Wildman–Crippen MR) is 54.7 cm³/mol. The van der Waals surface area contributed by atoms with E-state index in [-0.39, 0.29) is 24.3 Å². The van der Waals surface area contributed by atoms with E-state index < -0.39 is 0 Å². The zero-order valence-electron chi connectivity index (χ0n) is 8.29. The lowest BCUT2D eigenvalue weighted by molar-refractivity contribution is -0.117. The molecular formula is C11H13FN2O. The fourth-order valence-electron chi connectivity index (χ4n) is 2.01. The molecule has 0 saturated carbocycles. The monoisotopic (exact) mass is 208 g/mol. The normalized spacial score (nSPS) is 18.9. The van der Waals surface area contributed by atoms with Crippen LogP contribution in [0.1, 0.15) is 23.6 Å². The van der Waals surface area contributed by atoms with Gasteiger partial charge in [0.15, 0.2) is 0 Å². The first-order valence-electron chi connectivity index (χ1n) is 4.97. The SMILES string of the molecule is NC(=O)CNC1CCc2ccc(F)cc21. The Morgan fingerprint density at radius 1 is 1.60 bits per heavy atom. The van der Waals surface area contributed by atoms with Crippen molar-refractivity contribution < 1.29 is 9.18 Å². The Labute approximate surface area is 87.5 Å². The molecule has 0 spiro atoms. The fraction of sp³-hybridized carbons (Fsp3) is 0.364. The van der Waals surface area contributed by atoms with Crippen molar-refractivity contribution in [2.24, 2.45) is 5.73 Å². The first kappa shape index (κ1) is 10.1. The summed E-state index contributed by atoms with van der Waals surface area (Å²) >= 11 is 0. The average Bonchev–Trinajstić information content (AvgIpc) is 2.57. The maximum absolute atomic E-state index is 13.0. The molecule has 2 rings (SSSR count). The first-order chi connectivity index (χ1) is 7.16. The quantitative estimate of drug-likeness (QED) is 0.775. The number of benzene rings is 1. The highest BCUT2D eigenvalue weighted by molar-refractivity contribution is 5.75. The molecule has 1 aliphatic rings. The summed E-state index contributed by atoms with van der Waals surface area (Å²) in [6, 6.07) is 4.86. The molecule has 1 atom stereocenters. The van der Waals surface area contributed by atoms with Crippen molar-refractivity contribution in [2.45, 2.75) is 18.9 Å². The Kier molecular flexibility index (Phi) is 2.68. The van der Waals surface area contributed by atoms with Gasteiger partial charge in [-0.2, -0.15) is 0 Å². The minimum atomic E-state index is -0.389. The van der Waals surface area contributed by atoms with Gasteiger partial charge in [0.25, 0.3) is 0 Å². The molecule has 0 fully saturated rings. The standard InChI is InChI=1S/C11H13FN2O/c12-8-3-1-7-2-4-10(9(7)5-8)14-6-11(13)15/h1,3,5,10,14H,2,4,6H2,(H2,13,15). The topological polar surface area (TPSA) is 55.1 Å². The number of halogens is 1. The Balaban J connectivity index is 2.13. The van der Waals surface area contributed by atoms with Crippen molar-refractivity contribution in [2.75, 3.05) is 6.54 Å². The van der Waals surface area contributed by atoms with Gasteiger partial charge >= 0.3 is 0 Å². The highest BCUT2D eigenvalue weighted by Crippen LogP contribution is 2.31. The lowest BCUT2D eigenvalue weighted by atomic mass is 10.1. The van der Waals surface area contributed by atoms with Gasteiger partial charge in [-0.05, 0) is 36.1 Å². The number of primary amides is 1. The van der Waals surface area contributed by atoms with Crippen molar-refractivity contribution in [3.8, 4) is 0 Å². The van der Waals surface area contributed by atoms with E-state index in [4.69, 9.17) is 5.73 Å². The molecular weight excluding hydrogens is 195 g/mol. The maximum atomic E-state index is 13.0. The number of carbonyl (C=O) groups is 1. The van der Waals surface area contributed by atoms with Crippen molar-refractivity contribution in [1.29, 1.82) is 0 Å². The van der Waals surface area contributed by atoms with Gasteiger partial charge in [-0.1, -0.05) is 6.07 Å². The number of carbonyl (C=O) groups excluding carboxylic acids is 1. The van der Waals surface area contributed by atoms with Crippen LogP contribution in [-0.2, 0) is 11.2 Å². The molecule has 0 bridgehead atoms. The molecule has 1 unspecified atom stereocenters. The van der Waals surface area contributed by atoms with Gasteiger partial charge in [0, 0.05) is 6.04 Å². The van der Waals surface area contributed by atoms with E-state index >= 15 is 0 Å². The highest BCUT2D eigenvalue weighted by Gasteiger charge is 2.22. The van der Waals surface area contributed by atoms with E-state index in [1.54, 1.807) is 6.07 Å². The zero-order valence-corrected chi connectivity index (χ0v) is 8.29. The zero-order chi connectivity index (χ0) is 10.8. The van der Waals surface area contributed by atoms with E-state index in [9.17, 15) is 9.18 Å². The minimum Gasteiger partial charge on any atom is -0.369 e. The number of hydrogen-bond acceptors (Lipinski definition) is 2. The van der Waals surface area contributed by atoms with Crippen molar-refractivity contribution in [3.05, 3.63) is 35.1 Å². The summed E-state index contributed by atoms with van der Waals surface area (Å²) < 4.78 is 13.0. The van der Waals surface area contributed by atoms with Crippen molar-refractivity contribution >= 4 is 5.91 Å². The largest absolute Gasteiger partial charge is 0.369 e. The number of aryl methyl sites for hydroxylation is 1. The Hall–Kier alpha value is -1.42. The molecule has 1 amide bonds. The summed E-state index contributed by atoms with van der Waals surface area (Å²) in [5, 5.41) is 3.02. The summed E-state index contributed by atoms with van der Waals surface area (Å²) in [5.41, 5.74) is 7.15. The van der Waals surface area contributed by atoms with Crippen LogP contribution in [0.3, 0.4) is 0 Å². The van der Waals surface area contributed by atoms with Crippen LogP contribution < -0.4 is 11.1 Å². The van der Waals surface area contributed by atoms with Crippen LogP contribution >= 0.6 is 0 Å². The highest BCUT2D eigenvalue weighted by atomic mass is 19.1.